The largest absolute Gasteiger partial charge is 0.0991 e. The fourth-order valence-electron chi connectivity index (χ4n) is 8.92. The monoisotopic (exact) mass is 508 g/mol. The molecule has 0 aromatic rings. The molecule has 204 valence electrons. The molecule has 3 atom stereocenters. The topological polar surface area (TPSA) is 0 Å². The maximum atomic E-state index is 3.94. The van der Waals surface area contributed by atoms with Gasteiger partial charge in [0.2, 0.25) is 0 Å². The van der Waals surface area contributed by atoms with E-state index >= 15 is 0 Å². The summed E-state index contributed by atoms with van der Waals surface area (Å²) >= 11 is 0. The number of allylic oxidation sites excluding steroid dienone is 16. The third-order valence-corrected chi connectivity index (χ3v) is 10.1. The molecule has 0 heteroatoms. The van der Waals surface area contributed by atoms with Crippen molar-refractivity contribution in [1.29, 1.82) is 0 Å². The lowest BCUT2D eigenvalue weighted by Crippen LogP contribution is -2.53. The van der Waals surface area contributed by atoms with E-state index in [9.17, 15) is 0 Å². The molecule has 0 amide bonds. The van der Waals surface area contributed by atoms with Crippen molar-refractivity contribution in [3.05, 3.63) is 123 Å². The van der Waals surface area contributed by atoms with Gasteiger partial charge in [-0.05, 0) is 94.3 Å². The van der Waals surface area contributed by atoms with E-state index in [1.54, 1.807) is 11.1 Å². The molecular weight excluding hydrogens is 456 g/mol. The van der Waals surface area contributed by atoms with Crippen LogP contribution in [0.2, 0.25) is 0 Å². The second kappa shape index (κ2) is 14.0. The first kappa shape index (κ1) is 29.9. The van der Waals surface area contributed by atoms with Gasteiger partial charge in [0, 0.05) is 11.3 Å². The van der Waals surface area contributed by atoms with Crippen LogP contribution in [0.5, 0.6) is 0 Å². The molecule has 0 aliphatic heterocycles. The lowest BCUT2D eigenvalue weighted by atomic mass is 9.43. The van der Waals surface area contributed by atoms with Crippen molar-refractivity contribution in [3.63, 3.8) is 0 Å². The Morgan fingerprint density at radius 3 is 1.68 bits per heavy atom. The molecule has 2 saturated carbocycles. The second-order valence-corrected chi connectivity index (χ2v) is 11.7. The molecule has 2 bridgehead atoms. The van der Waals surface area contributed by atoms with Gasteiger partial charge in [0.05, 0.1) is 0 Å². The standard InChI is InChI=1S/C38H52/c1-7-12-16-20-26-36(27-21-17-13-8-2)35-30-33-25-24-32(6)31-38(33,34(35)11-5)37(36,28-22-18-14-9-3)29-23-19-15-10-4/h7-19,30,32,35H,1-4,20-29,31H2,5-6H3/b16-12+,17-13+,18-14+,19-15+,34-11?. The molecule has 1 spiro atoms. The van der Waals surface area contributed by atoms with Gasteiger partial charge in [-0.3, -0.25) is 0 Å². The second-order valence-electron chi connectivity index (χ2n) is 11.7. The van der Waals surface area contributed by atoms with Crippen LogP contribution in [0, 0.1) is 28.1 Å². The Morgan fingerprint density at radius 2 is 1.24 bits per heavy atom. The van der Waals surface area contributed by atoms with Crippen molar-refractivity contribution in [2.24, 2.45) is 28.1 Å². The highest BCUT2D eigenvalue weighted by atomic mass is 14.8. The normalized spacial score (nSPS) is 28.5. The average molecular weight is 509 g/mol. The maximum Gasteiger partial charge on any atom is 0.0191 e. The molecule has 0 saturated heterocycles. The molecule has 3 unspecified atom stereocenters. The third kappa shape index (κ3) is 5.29. The van der Waals surface area contributed by atoms with E-state index in [-0.39, 0.29) is 16.2 Å². The highest BCUT2D eigenvalue weighted by Crippen LogP contribution is 2.82. The summed E-state index contributed by atoms with van der Waals surface area (Å²) in [5, 5.41) is 0. The Morgan fingerprint density at radius 1 is 0.763 bits per heavy atom. The van der Waals surface area contributed by atoms with Crippen molar-refractivity contribution in [3.8, 4) is 0 Å². The van der Waals surface area contributed by atoms with Crippen LogP contribution >= 0.6 is 0 Å². The minimum Gasteiger partial charge on any atom is -0.0991 e. The van der Waals surface area contributed by atoms with Gasteiger partial charge >= 0.3 is 0 Å². The molecule has 3 aliphatic carbocycles. The molecule has 0 nitrogen and oxygen atoms in total. The summed E-state index contributed by atoms with van der Waals surface area (Å²) in [5.41, 5.74) is 4.15. The first-order valence-corrected chi connectivity index (χ1v) is 15.0. The summed E-state index contributed by atoms with van der Waals surface area (Å²) in [7, 11) is 0. The van der Waals surface area contributed by atoms with Crippen LogP contribution < -0.4 is 0 Å². The number of hydrogen-bond donors (Lipinski definition) is 0. The third-order valence-electron chi connectivity index (χ3n) is 10.1. The molecule has 2 fully saturated rings. The lowest BCUT2D eigenvalue weighted by molar-refractivity contribution is -0.0696. The lowest BCUT2D eigenvalue weighted by Gasteiger charge is -2.61. The first-order valence-electron chi connectivity index (χ1n) is 15.0. The Kier molecular flexibility index (Phi) is 11.0. The van der Waals surface area contributed by atoms with Crippen LogP contribution in [0.25, 0.3) is 0 Å². The van der Waals surface area contributed by atoms with Crippen molar-refractivity contribution in [2.45, 2.75) is 84.5 Å². The van der Waals surface area contributed by atoms with Crippen LogP contribution in [0.15, 0.2) is 123 Å². The minimum atomic E-state index is 0.193. The average Bonchev–Trinajstić information content (AvgIpc) is 3.33. The zero-order valence-corrected chi connectivity index (χ0v) is 24.3. The number of rotatable bonds is 16. The van der Waals surface area contributed by atoms with E-state index in [2.05, 4.69) is 101 Å². The molecule has 0 radical (unpaired) electrons. The zero-order valence-electron chi connectivity index (χ0n) is 24.3. The van der Waals surface area contributed by atoms with E-state index in [1.807, 2.05) is 24.3 Å². The van der Waals surface area contributed by atoms with Crippen molar-refractivity contribution < 1.29 is 0 Å². The molecule has 3 rings (SSSR count). The van der Waals surface area contributed by atoms with Gasteiger partial charge in [-0.15, -0.1) is 0 Å². The summed E-state index contributed by atoms with van der Waals surface area (Å²) in [5.74, 6) is 1.29. The van der Waals surface area contributed by atoms with Crippen molar-refractivity contribution in [1.82, 2.24) is 0 Å². The summed E-state index contributed by atoms with van der Waals surface area (Å²) in [6.45, 7) is 20.6. The highest BCUT2D eigenvalue weighted by Gasteiger charge is 2.74. The molecular formula is C38H52. The van der Waals surface area contributed by atoms with Crippen LogP contribution in [0.1, 0.15) is 84.5 Å². The van der Waals surface area contributed by atoms with Gasteiger partial charge in [-0.1, -0.05) is 129 Å². The maximum absolute atomic E-state index is 3.94. The van der Waals surface area contributed by atoms with Gasteiger partial charge in [0.15, 0.2) is 0 Å². The Balaban J connectivity index is 2.27. The fraction of sp³-hybridized carbons (Fsp3) is 0.474. The van der Waals surface area contributed by atoms with E-state index in [4.69, 9.17) is 0 Å². The van der Waals surface area contributed by atoms with E-state index in [1.165, 1.54) is 44.9 Å². The predicted octanol–water partition coefficient (Wildman–Crippen LogP) is 11.4. The van der Waals surface area contributed by atoms with Crippen LogP contribution in [0.3, 0.4) is 0 Å². The smallest absolute Gasteiger partial charge is 0.0191 e. The summed E-state index contributed by atoms with van der Waals surface area (Å²) in [6, 6.07) is 0. The SMILES string of the molecule is C=C/C=C/CCC1(CC/C=C/C=C)C2C=C3CCC(C)CC3(C2=CC)C1(CC/C=C/C=C)CC/C=C/C=C. The molecule has 0 heterocycles. The molecule has 38 heavy (non-hydrogen) atoms. The van der Waals surface area contributed by atoms with E-state index in [0.29, 0.717) is 5.92 Å². The van der Waals surface area contributed by atoms with Gasteiger partial charge < -0.3 is 0 Å². The number of hydrogen-bond acceptors (Lipinski definition) is 0. The zero-order chi connectivity index (χ0) is 27.5. The summed E-state index contributed by atoms with van der Waals surface area (Å²) < 4.78 is 0. The Bertz CT molecular complexity index is 974. The Labute approximate surface area is 234 Å². The molecule has 0 aromatic carbocycles. The molecule has 0 aromatic heterocycles. The van der Waals surface area contributed by atoms with Gasteiger partial charge in [0.1, 0.15) is 0 Å². The minimum absolute atomic E-state index is 0.193. The van der Waals surface area contributed by atoms with Crippen molar-refractivity contribution in [2.75, 3.05) is 0 Å². The first-order chi connectivity index (χ1) is 18.5. The van der Waals surface area contributed by atoms with Crippen molar-refractivity contribution >= 4 is 0 Å². The molecule has 0 N–H and O–H groups in total. The van der Waals surface area contributed by atoms with Gasteiger partial charge in [-0.25, -0.2) is 0 Å². The summed E-state index contributed by atoms with van der Waals surface area (Å²) in [4.78, 5) is 0. The van der Waals surface area contributed by atoms with Gasteiger partial charge in [-0.2, -0.15) is 0 Å². The predicted molar refractivity (Wildman–Crippen MR) is 170 cm³/mol. The van der Waals surface area contributed by atoms with Crippen LogP contribution in [0.4, 0.5) is 0 Å². The summed E-state index contributed by atoms with van der Waals surface area (Å²) in [6.07, 6.45) is 44.2. The van der Waals surface area contributed by atoms with E-state index in [0.717, 1.165) is 31.6 Å². The van der Waals surface area contributed by atoms with Crippen LogP contribution in [-0.4, -0.2) is 0 Å². The van der Waals surface area contributed by atoms with E-state index < -0.39 is 0 Å². The highest BCUT2D eigenvalue weighted by molar-refractivity contribution is 5.53. The van der Waals surface area contributed by atoms with Crippen LogP contribution in [-0.2, 0) is 0 Å². The fourth-order valence-corrected chi connectivity index (χ4v) is 8.92. The quantitative estimate of drug-likeness (QED) is 0.144. The molecule has 3 aliphatic rings. The number of fused-ring (bicyclic) bond motifs is 1. The Hall–Kier alpha value is -2.60. The van der Waals surface area contributed by atoms with Gasteiger partial charge in [0.25, 0.3) is 0 Å².